The van der Waals surface area contributed by atoms with E-state index in [9.17, 15) is 13.2 Å². The number of hydrogen-bond acceptors (Lipinski definition) is 6. The molecule has 0 spiro atoms. The minimum Gasteiger partial charge on any atom is -0.459 e. The Morgan fingerprint density at radius 1 is 0.909 bits per heavy atom. The van der Waals surface area contributed by atoms with E-state index in [2.05, 4.69) is 5.32 Å². The maximum Gasteiger partial charge on any atom is 0.339 e. The minimum absolute atomic E-state index is 0.0772. The van der Waals surface area contributed by atoms with Crippen LogP contribution < -0.4 is 9.50 Å². The molecule has 7 heteroatoms. The van der Waals surface area contributed by atoms with Crippen LogP contribution in [-0.2, 0) is 26.2 Å². The molecule has 174 valence electrons. The zero-order valence-corrected chi connectivity index (χ0v) is 20.1. The smallest absolute Gasteiger partial charge is 0.339 e. The van der Waals surface area contributed by atoms with Gasteiger partial charge in [0.15, 0.2) is 0 Å². The first-order chi connectivity index (χ1) is 15.5. The zero-order valence-electron chi connectivity index (χ0n) is 19.2. The van der Waals surface area contributed by atoms with Crippen molar-refractivity contribution in [1.82, 2.24) is 5.32 Å². The van der Waals surface area contributed by atoms with Gasteiger partial charge in [-0.2, -0.15) is 8.42 Å². The van der Waals surface area contributed by atoms with Gasteiger partial charge in [0.2, 0.25) is 0 Å². The molecule has 0 heterocycles. The molecule has 1 atom stereocenters. The van der Waals surface area contributed by atoms with Gasteiger partial charge in [-0.05, 0) is 63.1 Å². The molecule has 1 unspecified atom stereocenters. The molecule has 3 aromatic carbocycles. The number of esters is 1. The number of rotatable bonds is 8. The Bertz CT molecular complexity index is 1170. The van der Waals surface area contributed by atoms with E-state index in [-0.39, 0.29) is 10.6 Å². The molecule has 33 heavy (non-hydrogen) atoms. The molecule has 0 saturated carbocycles. The number of carbonyl (C=O) groups excluding carboxylic acids is 1. The summed E-state index contributed by atoms with van der Waals surface area (Å²) in [5.41, 5.74) is 1.97. The fourth-order valence-corrected chi connectivity index (χ4v) is 4.04. The number of ether oxygens (including phenoxy) is 1. The first-order valence-electron chi connectivity index (χ1n) is 10.6. The van der Waals surface area contributed by atoms with Gasteiger partial charge >= 0.3 is 16.1 Å². The van der Waals surface area contributed by atoms with Crippen molar-refractivity contribution >= 4 is 16.1 Å². The number of hydrogen-bond donors (Lipinski definition) is 1. The highest BCUT2D eigenvalue weighted by Gasteiger charge is 2.27. The average Bonchev–Trinajstić information content (AvgIpc) is 2.74. The highest BCUT2D eigenvalue weighted by atomic mass is 32.2. The largest absolute Gasteiger partial charge is 0.459 e. The number of aryl methyl sites for hydroxylation is 1. The summed E-state index contributed by atoms with van der Waals surface area (Å²) in [6.45, 7) is 7.78. The second-order valence-corrected chi connectivity index (χ2v) is 10.3. The van der Waals surface area contributed by atoms with E-state index in [4.69, 9.17) is 8.92 Å². The SMILES string of the molecule is Cc1ccc(S(=O)(=O)Oc2ccc(C(NCc3ccccc3)C(=O)OC(C)(C)C)cc2)cc1. The molecule has 0 aliphatic heterocycles. The molecule has 0 fully saturated rings. The van der Waals surface area contributed by atoms with Gasteiger partial charge in [-0.15, -0.1) is 0 Å². The van der Waals surface area contributed by atoms with Gasteiger partial charge in [0.05, 0.1) is 0 Å². The molecule has 0 aromatic heterocycles. The van der Waals surface area contributed by atoms with E-state index >= 15 is 0 Å². The lowest BCUT2D eigenvalue weighted by molar-refractivity contribution is -0.157. The summed E-state index contributed by atoms with van der Waals surface area (Å²) in [5, 5.41) is 3.24. The van der Waals surface area contributed by atoms with Crippen molar-refractivity contribution in [3.05, 3.63) is 95.6 Å². The Labute approximate surface area is 195 Å². The second-order valence-electron chi connectivity index (χ2n) is 8.75. The number of benzene rings is 3. The van der Waals surface area contributed by atoms with Crippen molar-refractivity contribution in [2.45, 2.75) is 50.8 Å². The highest BCUT2D eigenvalue weighted by Crippen LogP contribution is 2.24. The summed E-state index contributed by atoms with van der Waals surface area (Å²) in [6, 6.07) is 21.8. The lowest BCUT2D eigenvalue weighted by atomic mass is 10.1. The molecule has 3 rings (SSSR count). The summed E-state index contributed by atoms with van der Waals surface area (Å²) < 4.78 is 36.0. The maximum atomic E-state index is 12.9. The molecule has 0 aliphatic carbocycles. The van der Waals surface area contributed by atoms with Crippen LogP contribution in [0.2, 0.25) is 0 Å². The molecule has 1 N–H and O–H groups in total. The van der Waals surface area contributed by atoms with Gasteiger partial charge < -0.3 is 8.92 Å². The van der Waals surface area contributed by atoms with E-state index in [1.165, 1.54) is 24.3 Å². The Morgan fingerprint density at radius 3 is 2.09 bits per heavy atom. The molecule has 6 nitrogen and oxygen atoms in total. The third-order valence-corrected chi connectivity index (χ3v) is 5.99. The Morgan fingerprint density at radius 2 is 1.52 bits per heavy atom. The fourth-order valence-electron chi connectivity index (χ4n) is 3.11. The fraction of sp³-hybridized carbons (Fsp3) is 0.269. The first-order valence-corrected chi connectivity index (χ1v) is 12.1. The Balaban J connectivity index is 1.79. The van der Waals surface area contributed by atoms with Crippen LogP contribution in [0.5, 0.6) is 5.75 Å². The van der Waals surface area contributed by atoms with Crippen LogP contribution in [0.4, 0.5) is 0 Å². The summed E-state index contributed by atoms with van der Waals surface area (Å²) in [4.78, 5) is 13.0. The van der Waals surface area contributed by atoms with Gasteiger partial charge in [0.25, 0.3) is 0 Å². The van der Waals surface area contributed by atoms with Crippen molar-refractivity contribution in [2.24, 2.45) is 0 Å². The first kappa shape index (κ1) is 24.5. The summed E-state index contributed by atoms with van der Waals surface area (Å²) in [7, 11) is -3.96. The zero-order chi connectivity index (χ0) is 24.1. The standard InChI is InChI=1S/C26H29NO5S/c1-19-10-16-23(17-11-19)33(29,30)32-22-14-12-21(13-15-22)24(25(28)31-26(2,3)4)27-18-20-8-6-5-7-9-20/h5-17,24,27H,18H2,1-4H3. The Hall–Kier alpha value is -3.16. The van der Waals surface area contributed by atoms with Crippen LogP contribution in [-0.4, -0.2) is 20.0 Å². The van der Waals surface area contributed by atoms with Crippen molar-refractivity contribution < 1.29 is 22.1 Å². The third kappa shape index (κ3) is 7.17. The van der Waals surface area contributed by atoms with Crippen molar-refractivity contribution in [1.29, 1.82) is 0 Å². The van der Waals surface area contributed by atoms with Crippen LogP contribution in [0.3, 0.4) is 0 Å². The molecule has 0 aliphatic rings. The van der Waals surface area contributed by atoms with Crippen LogP contribution in [0.1, 0.15) is 43.5 Å². The van der Waals surface area contributed by atoms with Crippen LogP contribution in [0, 0.1) is 6.92 Å². The lowest BCUT2D eigenvalue weighted by Crippen LogP contribution is -2.34. The van der Waals surface area contributed by atoms with E-state index in [1.54, 1.807) is 24.3 Å². The highest BCUT2D eigenvalue weighted by molar-refractivity contribution is 7.87. The van der Waals surface area contributed by atoms with Crippen molar-refractivity contribution in [2.75, 3.05) is 0 Å². The van der Waals surface area contributed by atoms with Crippen LogP contribution in [0.15, 0.2) is 83.8 Å². The van der Waals surface area contributed by atoms with E-state index in [1.807, 2.05) is 58.0 Å². The molecule has 3 aromatic rings. The average molecular weight is 468 g/mol. The third-order valence-electron chi connectivity index (χ3n) is 4.72. The summed E-state index contributed by atoms with van der Waals surface area (Å²) in [6.07, 6.45) is 0. The van der Waals surface area contributed by atoms with Gasteiger partial charge in [0.1, 0.15) is 22.3 Å². The molecule has 0 saturated heterocycles. The molecular weight excluding hydrogens is 438 g/mol. The van der Waals surface area contributed by atoms with Gasteiger partial charge in [0, 0.05) is 6.54 Å². The second kappa shape index (κ2) is 10.2. The molecule has 0 bridgehead atoms. The van der Waals surface area contributed by atoms with Crippen LogP contribution >= 0.6 is 0 Å². The van der Waals surface area contributed by atoms with Crippen LogP contribution in [0.25, 0.3) is 0 Å². The van der Waals surface area contributed by atoms with Gasteiger partial charge in [-0.1, -0.05) is 60.2 Å². The van der Waals surface area contributed by atoms with E-state index < -0.39 is 27.7 Å². The molecule has 0 radical (unpaired) electrons. The van der Waals surface area contributed by atoms with Crippen molar-refractivity contribution in [3.63, 3.8) is 0 Å². The van der Waals surface area contributed by atoms with Gasteiger partial charge in [-0.3, -0.25) is 5.32 Å². The number of nitrogens with one attached hydrogen (secondary N) is 1. The monoisotopic (exact) mass is 467 g/mol. The quantitative estimate of drug-likeness (QED) is 0.373. The molecular formula is C26H29NO5S. The summed E-state index contributed by atoms with van der Waals surface area (Å²) >= 11 is 0. The molecule has 0 amide bonds. The van der Waals surface area contributed by atoms with E-state index in [0.29, 0.717) is 12.1 Å². The van der Waals surface area contributed by atoms with E-state index in [0.717, 1.165) is 11.1 Å². The number of carbonyl (C=O) groups is 1. The lowest BCUT2D eigenvalue weighted by Gasteiger charge is -2.25. The topological polar surface area (TPSA) is 81.7 Å². The van der Waals surface area contributed by atoms with Gasteiger partial charge in [-0.25, -0.2) is 4.79 Å². The minimum atomic E-state index is -3.96. The predicted octanol–water partition coefficient (Wildman–Crippen LogP) is 4.94. The normalized spacial score (nSPS) is 12.7. The summed E-state index contributed by atoms with van der Waals surface area (Å²) in [5.74, 6) is -0.260. The van der Waals surface area contributed by atoms with Crippen molar-refractivity contribution in [3.8, 4) is 5.75 Å². The maximum absolute atomic E-state index is 12.9. The predicted molar refractivity (Wildman–Crippen MR) is 127 cm³/mol. The Kier molecular flexibility index (Phi) is 7.56.